The van der Waals surface area contributed by atoms with E-state index in [1.807, 2.05) is 37.3 Å². The first-order valence-electron chi connectivity index (χ1n) is 6.84. The summed E-state index contributed by atoms with van der Waals surface area (Å²) in [7, 11) is 0. The van der Waals surface area contributed by atoms with E-state index in [2.05, 4.69) is 5.32 Å². The first-order chi connectivity index (χ1) is 10.6. The summed E-state index contributed by atoms with van der Waals surface area (Å²) in [6.45, 7) is 1.91. The van der Waals surface area contributed by atoms with Crippen molar-refractivity contribution in [1.82, 2.24) is 5.32 Å². The number of carbonyl (C=O) groups excluding carboxylic acids is 1. The molecule has 0 bridgehead atoms. The van der Waals surface area contributed by atoms with Gasteiger partial charge in [0.25, 0.3) is 5.69 Å². The van der Waals surface area contributed by atoms with Gasteiger partial charge < -0.3 is 5.32 Å². The minimum absolute atomic E-state index is 0.0271. The average Bonchev–Trinajstić information content (AvgIpc) is 2.54. The van der Waals surface area contributed by atoms with Crippen molar-refractivity contribution < 1.29 is 9.72 Å². The molecule has 0 fully saturated rings. The van der Waals surface area contributed by atoms with E-state index in [1.165, 1.54) is 18.2 Å². The van der Waals surface area contributed by atoms with E-state index < -0.39 is 4.92 Å². The smallest absolute Gasteiger partial charge is 0.269 e. The van der Waals surface area contributed by atoms with Gasteiger partial charge in [0.15, 0.2) is 0 Å². The predicted octanol–water partition coefficient (Wildman–Crippen LogP) is 3.49. The number of rotatable bonds is 5. The summed E-state index contributed by atoms with van der Waals surface area (Å²) in [5, 5.41) is 13.4. The highest BCUT2D eigenvalue weighted by atomic mass is 16.6. The van der Waals surface area contributed by atoms with Crippen LogP contribution < -0.4 is 5.32 Å². The third-order valence-corrected chi connectivity index (χ3v) is 3.19. The molecule has 5 nitrogen and oxygen atoms in total. The quantitative estimate of drug-likeness (QED) is 0.521. The summed E-state index contributed by atoms with van der Waals surface area (Å²) in [5.41, 5.74) is 1.78. The number of nitrogens with zero attached hydrogens (tertiary/aromatic N) is 1. The van der Waals surface area contributed by atoms with Gasteiger partial charge >= 0.3 is 0 Å². The fourth-order valence-corrected chi connectivity index (χ4v) is 1.97. The number of hydrogen-bond acceptors (Lipinski definition) is 3. The number of nitrogens with one attached hydrogen (secondary N) is 1. The van der Waals surface area contributed by atoms with Crippen molar-refractivity contribution in [3.8, 4) is 0 Å². The molecule has 0 aliphatic heterocycles. The third kappa shape index (κ3) is 4.28. The van der Waals surface area contributed by atoms with Crippen LogP contribution in [0.1, 0.15) is 24.1 Å². The Morgan fingerprint density at radius 3 is 2.36 bits per heavy atom. The zero-order valence-electron chi connectivity index (χ0n) is 12.1. The Morgan fingerprint density at radius 1 is 1.14 bits per heavy atom. The molecule has 1 amide bonds. The maximum Gasteiger partial charge on any atom is 0.269 e. The van der Waals surface area contributed by atoms with Crippen molar-refractivity contribution in [2.24, 2.45) is 0 Å². The normalized spacial score (nSPS) is 12.0. The maximum atomic E-state index is 11.9. The molecule has 0 unspecified atom stereocenters. The van der Waals surface area contributed by atoms with Crippen LogP contribution in [0.15, 0.2) is 60.7 Å². The van der Waals surface area contributed by atoms with E-state index >= 15 is 0 Å². The van der Waals surface area contributed by atoms with Crippen LogP contribution in [0.25, 0.3) is 6.08 Å². The number of amides is 1. The Bertz CT molecular complexity index is 679. The monoisotopic (exact) mass is 296 g/mol. The molecule has 2 aromatic rings. The molecule has 0 radical (unpaired) electrons. The summed E-state index contributed by atoms with van der Waals surface area (Å²) < 4.78 is 0. The van der Waals surface area contributed by atoms with Crippen LogP contribution in [0.2, 0.25) is 0 Å². The first-order valence-corrected chi connectivity index (χ1v) is 6.84. The first kappa shape index (κ1) is 15.4. The van der Waals surface area contributed by atoms with Gasteiger partial charge in [-0.1, -0.05) is 30.3 Å². The van der Waals surface area contributed by atoms with Gasteiger partial charge in [-0.15, -0.1) is 0 Å². The zero-order chi connectivity index (χ0) is 15.9. The van der Waals surface area contributed by atoms with Gasteiger partial charge in [-0.3, -0.25) is 14.9 Å². The second-order valence-corrected chi connectivity index (χ2v) is 4.82. The van der Waals surface area contributed by atoms with Crippen LogP contribution in [0.5, 0.6) is 0 Å². The number of non-ortho nitro benzene ring substituents is 1. The van der Waals surface area contributed by atoms with Crippen LogP contribution in [0, 0.1) is 10.1 Å². The van der Waals surface area contributed by atoms with Gasteiger partial charge in [0.1, 0.15) is 0 Å². The van der Waals surface area contributed by atoms with Gasteiger partial charge in [-0.05, 0) is 36.3 Å². The maximum absolute atomic E-state index is 11.9. The number of benzene rings is 2. The molecule has 1 N–H and O–H groups in total. The minimum Gasteiger partial charge on any atom is -0.346 e. The Morgan fingerprint density at radius 2 is 1.77 bits per heavy atom. The molecule has 0 aliphatic carbocycles. The molecular weight excluding hydrogens is 280 g/mol. The molecule has 1 atom stereocenters. The standard InChI is InChI=1S/C17H16N2O3/c1-13(15-5-3-2-4-6-15)18-17(20)12-9-14-7-10-16(11-8-14)19(21)22/h2-13H,1H3,(H,18,20)/b12-9+/t13-/m1/s1. The van der Waals surface area contributed by atoms with Gasteiger partial charge in [0, 0.05) is 18.2 Å². The minimum atomic E-state index is -0.457. The van der Waals surface area contributed by atoms with Crippen molar-refractivity contribution in [2.45, 2.75) is 13.0 Å². The topological polar surface area (TPSA) is 72.2 Å². The summed E-state index contributed by atoms with van der Waals surface area (Å²) in [5.74, 6) is -0.213. The Kier molecular flexibility index (Phi) is 5.03. The van der Waals surface area contributed by atoms with E-state index in [9.17, 15) is 14.9 Å². The summed E-state index contributed by atoms with van der Waals surface area (Å²) >= 11 is 0. The van der Waals surface area contributed by atoms with Crippen molar-refractivity contribution in [3.63, 3.8) is 0 Å². The highest BCUT2D eigenvalue weighted by molar-refractivity contribution is 5.92. The van der Waals surface area contributed by atoms with E-state index in [1.54, 1.807) is 18.2 Å². The van der Waals surface area contributed by atoms with E-state index in [-0.39, 0.29) is 17.6 Å². The lowest BCUT2D eigenvalue weighted by molar-refractivity contribution is -0.384. The summed E-state index contributed by atoms with van der Waals surface area (Å²) in [4.78, 5) is 22.0. The van der Waals surface area contributed by atoms with Crippen molar-refractivity contribution in [3.05, 3.63) is 81.9 Å². The molecule has 0 aliphatic rings. The molecule has 0 spiro atoms. The van der Waals surface area contributed by atoms with Crippen LogP contribution >= 0.6 is 0 Å². The molecule has 22 heavy (non-hydrogen) atoms. The number of carbonyl (C=O) groups is 1. The Balaban J connectivity index is 1.95. The largest absolute Gasteiger partial charge is 0.346 e. The molecular formula is C17H16N2O3. The summed E-state index contributed by atoms with van der Waals surface area (Å²) in [6.07, 6.45) is 3.04. The predicted molar refractivity (Wildman–Crippen MR) is 85.1 cm³/mol. The molecule has 0 saturated heterocycles. The van der Waals surface area contributed by atoms with E-state index in [4.69, 9.17) is 0 Å². The number of hydrogen-bond donors (Lipinski definition) is 1. The van der Waals surface area contributed by atoms with E-state index in [0.29, 0.717) is 0 Å². The van der Waals surface area contributed by atoms with Crippen LogP contribution in [-0.4, -0.2) is 10.8 Å². The number of nitro benzene ring substituents is 1. The molecule has 112 valence electrons. The van der Waals surface area contributed by atoms with Crippen molar-refractivity contribution in [1.29, 1.82) is 0 Å². The van der Waals surface area contributed by atoms with Gasteiger partial charge in [-0.25, -0.2) is 0 Å². The lowest BCUT2D eigenvalue weighted by Gasteiger charge is -2.12. The average molecular weight is 296 g/mol. The van der Waals surface area contributed by atoms with Gasteiger partial charge in [0.2, 0.25) is 5.91 Å². The molecule has 5 heteroatoms. The van der Waals surface area contributed by atoms with Crippen LogP contribution in [0.3, 0.4) is 0 Å². The molecule has 2 rings (SSSR count). The Labute approximate surface area is 128 Å². The molecule has 2 aromatic carbocycles. The lowest BCUT2D eigenvalue weighted by Crippen LogP contribution is -2.24. The van der Waals surface area contributed by atoms with Gasteiger partial charge in [0.05, 0.1) is 11.0 Å². The van der Waals surface area contributed by atoms with E-state index in [0.717, 1.165) is 11.1 Å². The highest BCUT2D eigenvalue weighted by Crippen LogP contribution is 2.13. The Hall–Kier alpha value is -2.95. The SMILES string of the molecule is C[C@@H](NC(=O)/C=C/c1ccc([N+](=O)[O-])cc1)c1ccccc1. The summed E-state index contributed by atoms with van der Waals surface area (Å²) in [6, 6.07) is 15.6. The fraction of sp³-hybridized carbons (Fsp3) is 0.118. The van der Waals surface area contributed by atoms with Crippen molar-refractivity contribution >= 4 is 17.7 Å². The second kappa shape index (κ2) is 7.17. The highest BCUT2D eigenvalue weighted by Gasteiger charge is 2.06. The number of nitro groups is 1. The van der Waals surface area contributed by atoms with Crippen LogP contribution in [0.4, 0.5) is 5.69 Å². The fourth-order valence-electron chi connectivity index (χ4n) is 1.97. The van der Waals surface area contributed by atoms with Crippen molar-refractivity contribution in [2.75, 3.05) is 0 Å². The van der Waals surface area contributed by atoms with Crippen LogP contribution in [-0.2, 0) is 4.79 Å². The lowest BCUT2D eigenvalue weighted by atomic mass is 10.1. The molecule has 0 heterocycles. The second-order valence-electron chi connectivity index (χ2n) is 4.82. The zero-order valence-corrected chi connectivity index (χ0v) is 12.1. The van der Waals surface area contributed by atoms with Gasteiger partial charge in [-0.2, -0.15) is 0 Å². The molecule has 0 saturated carbocycles. The third-order valence-electron chi connectivity index (χ3n) is 3.19. The molecule has 0 aromatic heterocycles.